The van der Waals surface area contributed by atoms with Crippen molar-refractivity contribution in [3.63, 3.8) is 0 Å². The number of halogens is 1. The predicted molar refractivity (Wildman–Crippen MR) is 84.4 cm³/mol. The molecule has 0 radical (unpaired) electrons. The van der Waals surface area contributed by atoms with Crippen LogP contribution in [0.4, 0.5) is 11.4 Å². The maximum absolute atomic E-state index is 11.8. The predicted octanol–water partition coefficient (Wildman–Crippen LogP) is 1.40. The van der Waals surface area contributed by atoms with Crippen LogP contribution < -0.4 is 20.3 Å². The van der Waals surface area contributed by atoms with Crippen molar-refractivity contribution < 1.29 is 14.3 Å². The van der Waals surface area contributed by atoms with Gasteiger partial charge in [-0.3, -0.25) is 9.59 Å². The second-order valence-corrected chi connectivity index (χ2v) is 4.68. The first-order chi connectivity index (χ1) is 9.61. The number of carbonyl (C=O) groups is 2. The van der Waals surface area contributed by atoms with E-state index in [-0.39, 0.29) is 30.8 Å². The van der Waals surface area contributed by atoms with Crippen LogP contribution in [0, 0.1) is 0 Å². The van der Waals surface area contributed by atoms with Crippen molar-refractivity contribution in [2.24, 2.45) is 0 Å². The van der Waals surface area contributed by atoms with Crippen LogP contribution in [0.25, 0.3) is 0 Å². The fourth-order valence-electron chi connectivity index (χ4n) is 2.00. The van der Waals surface area contributed by atoms with Gasteiger partial charge >= 0.3 is 0 Å². The lowest BCUT2D eigenvalue weighted by Gasteiger charge is -2.26. The van der Waals surface area contributed by atoms with Crippen LogP contribution >= 0.6 is 12.4 Å². The number of benzene rings is 1. The summed E-state index contributed by atoms with van der Waals surface area (Å²) in [6, 6.07) is 5.29. The van der Waals surface area contributed by atoms with Crippen molar-refractivity contribution in [3.8, 4) is 5.75 Å². The summed E-state index contributed by atoms with van der Waals surface area (Å²) in [6.45, 7) is 0.863. The fourth-order valence-corrected chi connectivity index (χ4v) is 2.00. The Balaban J connectivity index is 0.00000220. The fraction of sp³-hybridized carbons (Fsp3) is 0.429. The van der Waals surface area contributed by atoms with Gasteiger partial charge in [0.05, 0.1) is 5.69 Å². The number of hydrogen-bond donors (Lipinski definition) is 2. The van der Waals surface area contributed by atoms with Gasteiger partial charge in [-0.05, 0) is 38.2 Å². The molecule has 0 atom stereocenters. The number of carbonyl (C=O) groups excluding carboxylic acids is 2. The average molecular weight is 314 g/mol. The zero-order valence-electron chi connectivity index (χ0n) is 12.1. The van der Waals surface area contributed by atoms with Crippen LogP contribution in [0.15, 0.2) is 18.2 Å². The Morgan fingerprint density at radius 3 is 2.90 bits per heavy atom. The molecule has 1 aliphatic rings. The number of fused-ring (bicyclic) bond motifs is 1. The first-order valence-corrected chi connectivity index (χ1v) is 6.59. The van der Waals surface area contributed by atoms with Crippen LogP contribution in [-0.4, -0.2) is 39.1 Å². The van der Waals surface area contributed by atoms with Crippen molar-refractivity contribution >= 4 is 35.6 Å². The lowest BCUT2D eigenvalue weighted by atomic mass is 10.2. The van der Waals surface area contributed by atoms with E-state index in [1.165, 1.54) is 4.90 Å². The maximum Gasteiger partial charge on any atom is 0.264 e. The summed E-state index contributed by atoms with van der Waals surface area (Å²) in [5.41, 5.74) is 1.35. The third kappa shape index (κ3) is 4.34. The zero-order valence-corrected chi connectivity index (χ0v) is 13.0. The zero-order chi connectivity index (χ0) is 14.5. The van der Waals surface area contributed by atoms with Crippen LogP contribution in [-0.2, 0) is 9.59 Å². The van der Waals surface area contributed by atoms with Gasteiger partial charge in [0.2, 0.25) is 5.91 Å². The third-order valence-corrected chi connectivity index (χ3v) is 3.16. The van der Waals surface area contributed by atoms with E-state index in [1.54, 1.807) is 25.2 Å². The molecule has 0 spiro atoms. The minimum Gasteiger partial charge on any atom is -0.482 e. The molecule has 2 amide bonds. The number of ether oxygens (including phenoxy) is 1. The van der Waals surface area contributed by atoms with Crippen LogP contribution in [0.1, 0.15) is 12.8 Å². The lowest BCUT2D eigenvalue weighted by Crippen LogP contribution is -2.35. The van der Waals surface area contributed by atoms with Gasteiger partial charge in [0.25, 0.3) is 5.91 Å². The molecule has 0 aliphatic carbocycles. The van der Waals surface area contributed by atoms with E-state index >= 15 is 0 Å². The van der Waals surface area contributed by atoms with Crippen molar-refractivity contribution in [1.29, 1.82) is 0 Å². The van der Waals surface area contributed by atoms with E-state index in [0.29, 0.717) is 23.5 Å². The molecule has 2 rings (SSSR count). The molecule has 0 unspecified atom stereocenters. The molecule has 21 heavy (non-hydrogen) atoms. The third-order valence-electron chi connectivity index (χ3n) is 3.16. The second-order valence-electron chi connectivity index (χ2n) is 4.68. The highest BCUT2D eigenvalue weighted by Gasteiger charge is 2.22. The van der Waals surface area contributed by atoms with E-state index in [9.17, 15) is 9.59 Å². The van der Waals surface area contributed by atoms with E-state index in [4.69, 9.17) is 4.74 Å². The molecule has 6 nitrogen and oxygen atoms in total. The number of hydrogen-bond acceptors (Lipinski definition) is 4. The first-order valence-electron chi connectivity index (χ1n) is 6.59. The Kier molecular flexibility index (Phi) is 6.45. The number of nitrogens with zero attached hydrogens (tertiary/aromatic N) is 1. The highest BCUT2D eigenvalue weighted by molar-refractivity contribution is 5.99. The number of rotatable bonds is 5. The summed E-state index contributed by atoms with van der Waals surface area (Å²) in [5, 5.41) is 5.82. The largest absolute Gasteiger partial charge is 0.482 e. The van der Waals surface area contributed by atoms with E-state index < -0.39 is 0 Å². The van der Waals surface area contributed by atoms with Crippen LogP contribution in [0.2, 0.25) is 0 Å². The van der Waals surface area contributed by atoms with Gasteiger partial charge in [-0.1, -0.05) is 0 Å². The molecule has 2 N–H and O–H groups in total. The molecule has 0 saturated heterocycles. The lowest BCUT2D eigenvalue weighted by molar-refractivity contribution is -0.121. The molecule has 0 fully saturated rings. The van der Waals surface area contributed by atoms with Gasteiger partial charge in [0, 0.05) is 19.2 Å². The molecule has 1 aromatic rings. The minimum absolute atomic E-state index is 0. The molecule has 0 aromatic heterocycles. The Bertz CT molecular complexity index is 522. The number of nitrogens with one attached hydrogen (secondary N) is 2. The van der Waals surface area contributed by atoms with E-state index in [1.807, 2.05) is 7.05 Å². The summed E-state index contributed by atoms with van der Waals surface area (Å²) in [6.07, 6.45) is 1.25. The first kappa shape index (κ1) is 17.3. The van der Waals surface area contributed by atoms with Crippen molar-refractivity contribution in [1.82, 2.24) is 5.32 Å². The van der Waals surface area contributed by atoms with Gasteiger partial charge in [-0.25, -0.2) is 0 Å². The monoisotopic (exact) mass is 313 g/mol. The Morgan fingerprint density at radius 2 is 2.19 bits per heavy atom. The summed E-state index contributed by atoms with van der Waals surface area (Å²) < 4.78 is 5.33. The highest BCUT2D eigenvalue weighted by atomic mass is 35.5. The number of likely N-dealkylation sites (N-methyl/N-ethyl adjacent to an activating group) is 1. The summed E-state index contributed by atoms with van der Waals surface area (Å²) in [4.78, 5) is 24.9. The SMILES string of the molecule is CNCCCC(=O)Nc1ccc2c(c1)N(C)C(=O)CO2.Cl. The molecule has 7 heteroatoms. The van der Waals surface area contributed by atoms with Crippen molar-refractivity contribution in [3.05, 3.63) is 18.2 Å². The van der Waals surface area contributed by atoms with E-state index in [2.05, 4.69) is 10.6 Å². The van der Waals surface area contributed by atoms with Gasteiger partial charge in [0.1, 0.15) is 5.75 Å². The molecule has 1 heterocycles. The molecular weight excluding hydrogens is 294 g/mol. The minimum atomic E-state index is -0.102. The van der Waals surface area contributed by atoms with Gasteiger partial charge in [-0.15, -0.1) is 12.4 Å². The van der Waals surface area contributed by atoms with Crippen molar-refractivity contribution in [2.45, 2.75) is 12.8 Å². The quantitative estimate of drug-likeness (QED) is 0.806. The standard InChI is InChI=1S/C14H19N3O3.ClH/c1-15-7-3-4-13(18)16-10-5-6-12-11(8-10)17(2)14(19)9-20-12;/h5-6,8,15H,3-4,7,9H2,1-2H3,(H,16,18);1H. The second kappa shape index (κ2) is 7.85. The van der Waals surface area contributed by atoms with Crippen LogP contribution in [0.5, 0.6) is 5.75 Å². The molecule has 1 aliphatic heterocycles. The molecule has 0 saturated carbocycles. The van der Waals surface area contributed by atoms with E-state index in [0.717, 1.165) is 13.0 Å². The number of amides is 2. The summed E-state index contributed by atoms with van der Waals surface area (Å²) in [7, 11) is 3.55. The number of anilines is 2. The Hall–Kier alpha value is -1.79. The Labute approximate surface area is 130 Å². The van der Waals surface area contributed by atoms with Gasteiger partial charge in [-0.2, -0.15) is 0 Å². The summed E-state index contributed by atoms with van der Waals surface area (Å²) >= 11 is 0. The molecule has 1 aromatic carbocycles. The van der Waals surface area contributed by atoms with Gasteiger partial charge < -0.3 is 20.3 Å². The molecule has 0 bridgehead atoms. The highest BCUT2D eigenvalue weighted by Crippen LogP contribution is 2.33. The molecular formula is C14H20ClN3O3. The smallest absolute Gasteiger partial charge is 0.264 e. The summed E-state index contributed by atoms with van der Waals surface area (Å²) in [5.74, 6) is 0.515. The van der Waals surface area contributed by atoms with Crippen LogP contribution in [0.3, 0.4) is 0 Å². The van der Waals surface area contributed by atoms with Gasteiger partial charge in [0.15, 0.2) is 6.61 Å². The van der Waals surface area contributed by atoms with Crippen molar-refractivity contribution in [2.75, 3.05) is 37.5 Å². The topological polar surface area (TPSA) is 70.7 Å². The normalized spacial score (nSPS) is 13.0. The Morgan fingerprint density at radius 1 is 1.43 bits per heavy atom. The maximum atomic E-state index is 11.8. The average Bonchev–Trinajstić information content (AvgIpc) is 2.44. The molecule has 116 valence electrons.